The van der Waals surface area contributed by atoms with Gasteiger partial charge >= 0.3 is 6.09 Å². The number of hydrogen-bond donors (Lipinski definition) is 0. The average molecular weight is 342 g/mol. The first-order valence-corrected chi connectivity index (χ1v) is 7.42. The molecule has 1 heterocycles. The Kier molecular flexibility index (Phi) is 4.28. The Morgan fingerprint density at radius 2 is 2.00 bits per heavy atom. The second kappa shape index (κ2) is 5.64. The molecule has 1 aromatic rings. The van der Waals surface area contributed by atoms with Crippen LogP contribution in [0.3, 0.4) is 0 Å². The minimum Gasteiger partial charge on any atom is -0.496 e. The van der Waals surface area contributed by atoms with E-state index in [2.05, 4.69) is 15.9 Å². The summed E-state index contributed by atoms with van der Waals surface area (Å²) in [5.41, 5.74) is 1.90. The van der Waals surface area contributed by atoms with Gasteiger partial charge in [0, 0.05) is 13.1 Å². The number of benzene rings is 1. The summed E-state index contributed by atoms with van der Waals surface area (Å²) in [4.78, 5) is 13.8. The van der Waals surface area contributed by atoms with Crippen molar-refractivity contribution in [2.24, 2.45) is 0 Å². The molecule has 0 unspecified atom stereocenters. The molecule has 1 aliphatic heterocycles. The van der Waals surface area contributed by atoms with Crippen molar-refractivity contribution in [2.75, 3.05) is 13.7 Å². The molecule has 110 valence electrons. The lowest BCUT2D eigenvalue weighted by atomic mass is 10.00. The molecule has 0 bridgehead atoms. The maximum atomic E-state index is 12.1. The molecule has 0 saturated carbocycles. The third-order valence-corrected chi connectivity index (χ3v) is 3.76. The first-order valence-electron chi connectivity index (χ1n) is 6.63. The van der Waals surface area contributed by atoms with E-state index in [1.807, 2.05) is 32.9 Å². The summed E-state index contributed by atoms with van der Waals surface area (Å²) in [7, 11) is 1.66. The highest BCUT2D eigenvalue weighted by Crippen LogP contribution is 2.31. The average Bonchev–Trinajstić information content (AvgIpc) is 2.35. The highest BCUT2D eigenvalue weighted by molar-refractivity contribution is 9.10. The molecule has 0 fully saturated rings. The molecule has 20 heavy (non-hydrogen) atoms. The largest absolute Gasteiger partial charge is 0.496 e. The summed E-state index contributed by atoms with van der Waals surface area (Å²) < 4.78 is 11.6. The Balaban J connectivity index is 2.15. The monoisotopic (exact) mass is 341 g/mol. The molecule has 1 aromatic carbocycles. The standard InChI is InChI=1S/C15H20BrNO3/c1-15(2,3)20-14(18)17-6-5-10-8-13(19-4)12(16)7-11(10)9-17/h7-8H,5-6,9H2,1-4H3. The molecule has 0 aliphatic carbocycles. The van der Waals surface area contributed by atoms with Gasteiger partial charge in [0.15, 0.2) is 0 Å². The molecule has 0 aromatic heterocycles. The number of carbonyl (C=O) groups is 1. The predicted octanol–water partition coefficient (Wildman–Crippen LogP) is 3.75. The van der Waals surface area contributed by atoms with E-state index >= 15 is 0 Å². The number of methoxy groups -OCH3 is 1. The van der Waals surface area contributed by atoms with Crippen molar-refractivity contribution in [3.63, 3.8) is 0 Å². The first-order chi connectivity index (χ1) is 9.30. The third-order valence-electron chi connectivity index (χ3n) is 3.14. The third kappa shape index (κ3) is 3.45. The van der Waals surface area contributed by atoms with Crippen LogP contribution in [0.2, 0.25) is 0 Å². The normalized spacial score (nSPS) is 14.8. The summed E-state index contributed by atoms with van der Waals surface area (Å²) in [5.74, 6) is 0.828. The number of ether oxygens (including phenoxy) is 2. The maximum Gasteiger partial charge on any atom is 0.410 e. The second-order valence-electron chi connectivity index (χ2n) is 5.91. The first kappa shape index (κ1) is 15.2. The number of nitrogens with zero attached hydrogens (tertiary/aromatic N) is 1. The van der Waals surface area contributed by atoms with Gasteiger partial charge in [0.1, 0.15) is 11.4 Å². The summed E-state index contributed by atoms with van der Waals surface area (Å²) in [5, 5.41) is 0. The Morgan fingerprint density at radius 1 is 1.30 bits per heavy atom. The number of amides is 1. The van der Waals surface area contributed by atoms with Crippen LogP contribution < -0.4 is 4.74 Å². The van der Waals surface area contributed by atoms with Crippen molar-refractivity contribution >= 4 is 22.0 Å². The highest BCUT2D eigenvalue weighted by atomic mass is 79.9. The minimum atomic E-state index is -0.460. The molecule has 0 atom stereocenters. The molecule has 5 heteroatoms. The van der Waals surface area contributed by atoms with Crippen molar-refractivity contribution in [1.29, 1.82) is 0 Å². The lowest BCUT2D eigenvalue weighted by molar-refractivity contribution is 0.0224. The molecule has 2 rings (SSSR count). The molecular weight excluding hydrogens is 322 g/mol. The molecule has 1 amide bonds. The number of carbonyl (C=O) groups excluding carboxylic acids is 1. The van der Waals surface area contributed by atoms with E-state index < -0.39 is 5.60 Å². The van der Waals surface area contributed by atoms with Crippen molar-refractivity contribution in [2.45, 2.75) is 39.3 Å². The Bertz CT molecular complexity index is 523. The molecule has 0 radical (unpaired) electrons. The van der Waals surface area contributed by atoms with Gasteiger partial charge < -0.3 is 14.4 Å². The molecule has 0 N–H and O–H groups in total. The molecular formula is C15H20BrNO3. The van der Waals surface area contributed by atoms with Crippen LogP contribution >= 0.6 is 15.9 Å². The fourth-order valence-electron chi connectivity index (χ4n) is 2.20. The van der Waals surface area contributed by atoms with Crippen LogP contribution in [0.25, 0.3) is 0 Å². The maximum absolute atomic E-state index is 12.1. The fraction of sp³-hybridized carbons (Fsp3) is 0.533. The van der Waals surface area contributed by atoms with E-state index in [1.54, 1.807) is 12.0 Å². The van der Waals surface area contributed by atoms with Gasteiger partial charge in [-0.1, -0.05) is 0 Å². The number of rotatable bonds is 1. The molecule has 0 spiro atoms. The van der Waals surface area contributed by atoms with E-state index in [-0.39, 0.29) is 6.09 Å². The van der Waals surface area contributed by atoms with Gasteiger partial charge in [-0.25, -0.2) is 4.79 Å². The number of halogens is 1. The minimum absolute atomic E-state index is 0.255. The Hall–Kier alpha value is -1.23. The van der Waals surface area contributed by atoms with Crippen molar-refractivity contribution in [1.82, 2.24) is 4.90 Å². The smallest absolute Gasteiger partial charge is 0.410 e. The van der Waals surface area contributed by atoms with E-state index in [0.717, 1.165) is 22.2 Å². The SMILES string of the molecule is COc1cc2c(cc1Br)CN(C(=O)OC(C)(C)C)CC2. The quantitative estimate of drug-likeness (QED) is 0.780. The lowest BCUT2D eigenvalue weighted by Crippen LogP contribution is -2.39. The van der Waals surface area contributed by atoms with Gasteiger partial charge in [-0.2, -0.15) is 0 Å². The highest BCUT2D eigenvalue weighted by Gasteiger charge is 2.26. The summed E-state index contributed by atoms with van der Waals surface area (Å²) in [6.07, 6.45) is 0.563. The second-order valence-corrected chi connectivity index (χ2v) is 6.76. The van der Waals surface area contributed by atoms with Gasteiger partial charge in [0.05, 0.1) is 11.6 Å². The number of fused-ring (bicyclic) bond motifs is 1. The lowest BCUT2D eigenvalue weighted by Gasteiger charge is -2.31. The zero-order valence-corrected chi connectivity index (χ0v) is 13.9. The van der Waals surface area contributed by atoms with E-state index in [9.17, 15) is 4.79 Å². The van der Waals surface area contributed by atoms with Gasteiger partial charge in [-0.3, -0.25) is 0 Å². The van der Waals surface area contributed by atoms with Crippen LogP contribution in [0, 0.1) is 0 Å². The van der Waals surface area contributed by atoms with Crippen molar-refractivity contribution in [3.8, 4) is 5.75 Å². The molecule has 4 nitrogen and oxygen atoms in total. The van der Waals surface area contributed by atoms with Crippen LogP contribution in [0.15, 0.2) is 16.6 Å². The summed E-state index contributed by atoms with van der Waals surface area (Å²) in [6, 6.07) is 4.05. The van der Waals surface area contributed by atoms with E-state index in [4.69, 9.17) is 9.47 Å². The van der Waals surface area contributed by atoms with Crippen LogP contribution in [0.5, 0.6) is 5.75 Å². The van der Waals surface area contributed by atoms with E-state index in [1.165, 1.54) is 5.56 Å². The van der Waals surface area contributed by atoms with Crippen LogP contribution in [0.1, 0.15) is 31.9 Å². The molecule has 1 aliphatic rings. The van der Waals surface area contributed by atoms with Crippen LogP contribution in [-0.4, -0.2) is 30.2 Å². The zero-order chi connectivity index (χ0) is 14.9. The fourth-order valence-corrected chi connectivity index (χ4v) is 2.75. The molecule has 0 saturated heterocycles. The van der Waals surface area contributed by atoms with Gasteiger partial charge in [0.25, 0.3) is 0 Å². The van der Waals surface area contributed by atoms with Crippen LogP contribution in [0.4, 0.5) is 4.79 Å². The topological polar surface area (TPSA) is 38.8 Å². The number of hydrogen-bond acceptors (Lipinski definition) is 3. The van der Waals surface area contributed by atoms with Gasteiger partial charge in [0.2, 0.25) is 0 Å². The Morgan fingerprint density at radius 3 is 2.60 bits per heavy atom. The van der Waals surface area contributed by atoms with E-state index in [0.29, 0.717) is 13.1 Å². The van der Waals surface area contributed by atoms with Crippen LogP contribution in [-0.2, 0) is 17.7 Å². The van der Waals surface area contributed by atoms with Gasteiger partial charge in [-0.05, 0) is 66.4 Å². The van der Waals surface area contributed by atoms with Crippen molar-refractivity contribution < 1.29 is 14.3 Å². The van der Waals surface area contributed by atoms with Gasteiger partial charge in [-0.15, -0.1) is 0 Å². The zero-order valence-electron chi connectivity index (χ0n) is 12.3. The Labute approximate surface area is 128 Å². The predicted molar refractivity (Wildman–Crippen MR) is 81.0 cm³/mol. The summed E-state index contributed by atoms with van der Waals surface area (Å²) in [6.45, 7) is 6.89. The summed E-state index contributed by atoms with van der Waals surface area (Å²) >= 11 is 3.48. The van der Waals surface area contributed by atoms with Crippen molar-refractivity contribution in [3.05, 3.63) is 27.7 Å².